The van der Waals surface area contributed by atoms with Crippen LogP contribution in [0.2, 0.25) is 0 Å². The van der Waals surface area contributed by atoms with Gasteiger partial charge in [-0.1, -0.05) is 25.7 Å². The fraction of sp³-hybridized carbons (Fsp3) is 0.955. The second-order valence-electron chi connectivity index (χ2n) is 6.86. The van der Waals surface area contributed by atoms with Crippen LogP contribution in [0, 0.1) is 0 Å². The molecule has 0 rings (SSSR count). The summed E-state index contributed by atoms with van der Waals surface area (Å²) in [6, 6.07) is 0. The third kappa shape index (κ3) is 25.3. The van der Waals surface area contributed by atoms with E-state index in [1.807, 2.05) is 6.92 Å². The lowest BCUT2D eigenvalue weighted by Crippen LogP contribution is -2.27. The molecule has 0 aromatic rings. The average molecular weight is 436 g/mol. The smallest absolute Gasteiger partial charge is 0.220 e. The Morgan fingerprint density at radius 2 is 1.10 bits per heavy atom. The van der Waals surface area contributed by atoms with Crippen molar-refractivity contribution in [2.24, 2.45) is 0 Å². The van der Waals surface area contributed by atoms with Gasteiger partial charge in [0.1, 0.15) is 0 Å². The third-order valence-electron chi connectivity index (χ3n) is 4.26. The van der Waals surface area contributed by atoms with E-state index in [2.05, 4.69) is 5.32 Å². The number of ether oxygens (including phenoxy) is 6. The summed E-state index contributed by atoms with van der Waals surface area (Å²) in [6.45, 7) is 9.15. The zero-order valence-electron chi connectivity index (χ0n) is 19.3. The molecule has 0 aliphatic carbocycles. The number of hydrogen-bond acceptors (Lipinski definition) is 7. The fourth-order valence-corrected chi connectivity index (χ4v) is 2.60. The quantitative estimate of drug-likeness (QED) is 0.221. The Hall–Kier alpha value is -0.770. The second kappa shape index (κ2) is 26.3. The largest absolute Gasteiger partial charge is 0.382 e. The van der Waals surface area contributed by atoms with Gasteiger partial charge in [-0.05, 0) is 19.8 Å². The molecule has 0 aliphatic rings. The van der Waals surface area contributed by atoms with Crippen LogP contribution in [-0.4, -0.2) is 92.2 Å². The molecule has 0 unspecified atom stereocenters. The summed E-state index contributed by atoms with van der Waals surface area (Å²) < 4.78 is 31.7. The van der Waals surface area contributed by atoms with Crippen LogP contribution in [0.25, 0.3) is 0 Å². The normalized spacial score (nSPS) is 11.1. The molecule has 0 fully saturated rings. The first kappa shape index (κ1) is 29.2. The van der Waals surface area contributed by atoms with Crippen molar-refractivity contribution in [3.05, 3.63) is 0 Å². The molecule has 0 saturated heterocycles. The highest BCUT2D eigenvalue weighted by atomic mass is 16.6. The van der Waals surface area contributed by atoms with Crippen molar-refractivity contribution in [1.82, 2.24) is 5.32 Å². The number of nitrogens with one attached hydrogen (secondary N) is 1. The van der Waals surface area contributed by atoms with Crippen molar-refractivity contribution in [1.29, 1.82) is 0 Å². The Kier molecular flexibility index (Phi) is 25.6. The maximum Gasteiger partial charge on any atom is 0.220 e. The van der Waals surface area contributed by atoms with Gasteiger partial charge in [-0.25, -0.2) is 0 Å². The van der Waals surface area contributed by atoms with Gasteiger partial charge >= 0.3 is 0 Å². The van der Waals surface area contributed by atoms with E-state index in [0.717, 1.165) is 32.5 Å². The summed E-state index contributed by atoms with van der Waals surface area (Å²) in [5.41, 5.74) is 0. The van der Waals surface area contributed by atoms with Gasteiger partial charge in [-0.15, -0.1) is 0 Å². The molecule has 30 heavy (non-hydrogen) atoms. The standard InChI is InChI=1S/C22H45NO7/c1-3-26-12-9-7-5-4-6-8-10-22(24)23-11-13-27-16-17-29-20-21-30-19-18-28-15-14-25-2/h3-21H2,1-2H3,(H,23,24). The highest BCUT2D eigenvalue weighted by Gasteiger charge is 2.00. The van der Waals surface area contributed by atoms with Crippen molar-refractivity contribution in [3.63, 3.8) is 0 Å². The topological polar surface area (TPSA) is 84.5 Å². The Balaban J connectivity index is 3.12. The molecule has 180 valence electrons. The van der Waals surface area contributed by atoms with Gasteiger partial charge in [0.05, 0.1) is 59.5 Å². The minimum absolute atomic E-state index is 0.106. The van der Waals surface area contributed by atoms with E-state index in [1.54, 1.807) is 7.11 Å². The van der Waals surface area contributed by atoms with Crippen LogP contribution in [0.15, 0.2) is 0 Å². The zero-order valence-corrected chi connectivity index (χ0v) is 19.3. The number of hydrogen-bond donors (Lipinski definition) is 1. The molecule has 0 aliphatic heterocycles. The third-order valence-corrected chi connectivity index (χ3v) is 4.26. The minimum atomic E-state index is 0.106. The number of unbranched alkanes of at least 4 members (excludes halogenated alkanes) is 5. The molecule has 0 aromatic heterocycles. The minimum Gasteiger partial charge on any atom is -0.382 e. The summed E-state index contributed by atoms with van der Waals surface area (Å²) >= 11 is 0. The molecule has 0 aromatic carbocycles. The van der Waals surface area contributed by atoms with Gasteiger partial charge in [-0.3, -0.25) is 4.79 Å². The second-order valence-corrected chi connectivity index (χ2v) is 6.86. The van der Waals surface area contributed by atoms with Gasteiger partial charge in [-0.2, -0.15) is 0 Å². The Morgan fingerprint density at radius 1 is 0.600 bits per heavy atom. The van der Waals surface area contributed by atoms with Crippen LogP contribution in [0.4, 0.5) is 0 Å². The van der Waals surface area contributed by atoms with E-state index < -0.39 is 0 Å². The first-order chi connectivity index (χ1) is 14.8. The monoisotopic (exact) mass is 435 g/mol. The van der Waals surface area contributed by atoms with Crippen LogP contribution in [-0.2, 0) is 33.2 Å². The van der Waals surface area contributed by atoms with Gasteiger partial charge < -0.3 is 33.7 Å². The van der Waals surface area contributed by atoms with Gasteiger partial charge in [0.2, 0.25) is 5.91 Å². The van der Waals surface area contributed by atoms with Gasteiger partial charge in [0, 0.05) is 33.3 Å². The molecule has 1 N–H and O–H groups in total. The number of carbonyl (C=O) groups excluding carboxylic acids is 1. The summed E-state index contributed by atoms with van der Waals surface area (Å²) in [5, 5.41) is 2.89. The molecule has 0 atom stereocenters. The average Bonchev–Trinajstić information content (AvgIpc) is 2.75. The summed E-state index contributed by atoms with van der Waals surface area (Å²) in [6.07, 6.45) is 7.42. The zero-order chi connectivity index (χ0) is 22.0. The molecule has 8 nitrogen and oxygen atoms in total. The maximum atomic E-state index is 11.7. The van der Waals surface area contributed by atoms with Crippen LogP contribution >= 0.6 is 0 Å². The number of rotatable bonds is 25. The van der Waals surface area contributed by atoms with Crippen LogP contribution in [0.1, 0.15) is 51.9 Å². The molecular weight excluding hydrogens is 390 g/mol. The van der Waals surface area contributed by atoms with E-state index in [1.165, 1.54) is 19.3 Å². The number of methoxy groups -OCH3 is 1. The van der Waals surface area contributed by atoms with Crippen molar-refractivity contribution < 1.29 is 33.2 Å². The van der Waals surface area contributed by atoms with Gasteiger partial charge in [0.15, 0.2) is 0 Å². The molecular formula is C22H45NO7. The fourth-order valence-electron chi connectivity index (χ4n) is 2.60. The molecule has 0 spiro atoms. The first-order valence-corrected chi connectivity index (χ1v) is 11.5. The SMILES string of the molecule is CCOCCCCCCCCC(=O)NCCOCCOCCOCCOCCOC. The highest BCUT2D eigenvalue weighted by Crippen LogP contribution is 2.07. The van der Waals surface area contributed by atoms with Crippen molar-refractivity contribution in [2.45, 2.75) is 51.9 Å². The predicted molar refractivity (Wildman–Crippen MR) is 117 cm³/mol. The highest BCUT2D eigenvalue weighted by molar-refractivity contribution is 5.75. The Bertz CT molecular complexity index is 345. The number of carbonyl (C=O) groups is 1. The van der Waals surface area contributed by atoms with Crippen LogP contribution in [0.3, 0.4) is 0 Å². The maximum absolute atomic E-state index is 11.7. The molecule has 0 saturated carbocycles. The summed E-state index contributed by atoms with van der Waals surface area (Å²) in [7, 11) is 1.65. The number of amides is 1. The Labute approximate surface area is 183 Å². The van der Waals surface area contributed by atoms with Crippen LogP contribution in [0.5, 0.6) is 0 Å². The van der Waals surface area contributed by atoms with E-state index in [9.17, 15) is 4.79 Å². The lowest BCUT2D eigenvalue weighted by molar-refractivity contribution is -0.121. The van der Waals surface area contributed by atoms with E-state index in [-0.39, 0.29) is 5.91 Å². The van der Waals surface area contributed by atoms with Crippen LogP contribution < -0.4 is 5.32 Å². The Morgan fingerprint density at radius 3 is 1.67 bits per heavy atom. The summed E-state index contributed by atoms with van der Waals surface area (Å²) in [4.78, 5) is 11.7. The van der Waals surface area contributed by atoms with Crippen molar-refractivity contribution in [2.75, 3.05) is 86.3 Å². The van der Waals surface area contributed by atoms with E-state index in [0.29, 0.717) is 72.4 Å². The summed E-state index contributed by atoms with van der Waals surface area (Å²) in [5.74, 6) is 0.106. The lowest BCUT2D eigenvalue weighted by atomic mass is 10.1. The molecule has 0 radical (unpaired) electrons. The molecule has 1 amide bonds. The van der Waals surface area contributed by atoms with Gasteiger partial charge in [0.25, 0.3) is 0 Å². The molecule has 0 bridgehead atoms. The first-order valence-electron chi connectivity index (χ1n) is 11.5. The van der Waals surface area contributed by atoms with Crippen molar-refractivity contribution in [3.8, 4) is 0 Å². The van der Waals surface area contributed by atoms with Crippen molar-refractivity contribution >= 4 is 5.91 Å². The predicted octanol–water partition coefficient (Wildman–Crippen LogP) is 2.58. The van der Waals surface area contributed by atoms with E-state index in [4.69, 9.17) is 28.4 Å². The van der Waals surface area contributed by atoms with E-state index >= 15 is 0 Å². The lowest BCUT2D eigenvalue weighted by Gasteiger charge is -2.08. The molecule has 0 heterocycles. The molecule has 8 heteroatoms.